The Bertz CT molecular complexity index is 989. The number of ether oxygens (including phenoxy) is 1. The van der Waals surface area contributed by atoms with Crippen LogP contribution in [0.5, 0.6) is 0 Å². The van der Waals surface area contributed by atoms with Crippen molar-refractivity contribution in [1.29, 1.82) is 0 Å². The minimum absolute atomic E-state index is 0. The zero-order chi connectivity index (χ0) is 23.2. The Balaban J connectivity index is 0.00000324. The van der Waals surface area contributed by atoms with Crippen molar-refractivity contribution in [1.82, 2.24) is 4.98 Å². The summed E-state index contributed by atoms with van der Waals surface area (Å²) >= 11 is 6.46. The molecule has 1 radical (unpaired) electrons. The van der Waals surface area contributed by atoms with E-state index < -0.39 is 0 Å². The summed E-state index contributed by atoms with van der Waals surface area (Å²) in [6, 6.07) is 7.65. The van der Waals surface area contributed by atoms with Gasteiger partial charge in [-0.15, -0.1) is 0 Å². The Morgan fingerprint density at radius 2 is 1.82 bits per heavy atom. The van der Waals surface area contributed by atoms with Crippen molar-refractivity contribution in [2.45, 2.75) is 64.7 Å². The van der Waals surface area contributed by atoms with Gasteiger partial charge < -0.3 is 15.0 Å². The summed E-state index contributed by atoms with van der Waals surface area (Å²) in [5.41, 5.74) is 1.44. The van der Waals surface area contributed by atoms with Gasteiger partial charge in [-0.1, -0.05) is 43.7 Å². The molecule has 2 fully saturated rings. The number of fused-ring (bicyclic) bond motifs is 1. The van der Waals surface area contributed by atoms with Crippen molar-refractivity contribution in [3.8, 4) is 0 Å². The number of piperidine rings is 1. The van der Waals surface area contributed by atoms with Crippen LogP contribution in [-0.4, -0.2) is 87.9 Å². The zero-order valence-corrected chi connectivity index (χ0v) is 24.3. The van der Waals surface area contributed by atoms with Gasteiger partial charge in [-0.3, -0.25) is 9.59 Å². The second-order valence-corrected chi connectivity index (χ2v) is 9.67. The SMILES string of the molecule is CCOC(=O)C1CCN(c2ccc3c(NC(=O)CCC4CCCCC4)c(Cl)ccc3n2)CC1.[K]. The van der Waals surface area contributed by atoms with E-state index in [-0.39, 0.29) is 69.2 Å². The summed E-state index contributed by atoms with van der Waals surface area (Å²) in [5.74, 6) is 1.43. The Labute approximate surface area is 249 Å². The molecule has 34 heavy (non-hydrogen) atoms. The van der Waals surface area contributed by atoms with Gasteiger partial charge in [0, 0.05) is 76.3 Å². The van der Waals surface area contributed by atoms with Crippen molar-refractivity contribution in [3.05, 3.63) is 29.3 Å². The van der Waals surface area contributed by atoms with Crippen molar-refractivity contribution >= 4 is 97.3 Å². The largest absolute Gasteiger partial charge is 0.466 e. The number of esters is 1. The van der Waals surface area contributed by atoms with Crippen molar-refractivity contribution in [2.24, 2.45) is 11.8 Å². The molecule has 1 aliphatic carbocycles. The molecule has 179 valence electrons. The number of pyridine rings is 1. The molecule has 1 amide bonds. The maximum absolute atomic E-state index is 12.7. The summed E-state index contributed by atoms with van der Waals surface area (Å²) in [7, 11) is 0. The molecular weight excluding hydrogens is 477 g/mol. The van der Waals surface area contributed by atoms with E-state index in [0.717, 1.165) is 49.1 Å². The van der Waals surface area contributed by atoms with E-state index in [4.69, 9.17) is 21.3 Å². The number of benzene rings is 1. The third kappa shape index (κ3) is 7.17. The van der Waals surface area contributed by atoms with Gasteiger partial charge in [-0.05, 0) is 56.4 Å². The molecule has 1 aliphatic heterocycles. The van der Waals surface area contributed by atoms with E-state index in [2.05, 4.69) is 10.2 Å². The van der Waals surface area contributed by atoms with E-state index in [0.29, 0.717) is 29.7 Å². The van der Waals surface area contributed by atoms with Crippen LogP contribution in [0.3, 0.4) is 0 Å². The van der Waals surface area contributed by atoms with Crippen molar-refractivity contribution in [3.63, 3.8) is 0 Å². The normalized spacial score (nSPS) is 17.3. The van der Waals surface area contributed by atoms with Gasteiger partial charge in [-0.2, -0.15) is 0 Å². The topological polar surface area (TPSA) is 71.5 Å². The van der Waals surface area contributed by atoms with Crippen LogP contribution in [0.15, 0.2) is 24.3 Å². The van der Waals surface area contributed by atoms with Gasteiger partial charge >= 0.3 is 5.97 Å². The van der Waals surface area contributed by atoms with Crippen LogP contribution in [0.1, 0.15) is 64.7 Å². The van der Waals surface area contributed by atoms with Crippen LogP contribution >= 0.6 is 11.6 Å². The maximum atomic E-state index is 12.7. The van der Waals surface area contributed by atoms with Gasteiger partial charge in [0.1, 0.15) is 5.82 Å². The zero-order valence-electron chi connectivity index (χ0n) is 20.4. The predicted octanol–water partition coefficient (Wildman–Crippen LogP) is 5.59. The van der Waals surface area contributed by atoms with Crippen LogP contribution in [0.25, 0.3) is 10.9 Å². The first-order valence-electron chi connectivity index (χ1n) is 12.4. The number of halogens is 1. The second kappa shape index (κ2) is 13.6. The van der Waals surface area contributed by atoms with Crippen LogP contribution in [0.2, 0.25) is 5.02 Å². The Morgan fingerprint density at radius 1 is 1.09 bits per heavy atom. The molecule has 8 heteroatoms. The molecule has 1 aromatic carbocycles. The van der Waals surface area contributed by atoms with E-state index in [9.17, 15) is 9.59 Å². The van der Waals surface area contributed by atoms with Crippen molar-refractivity contribution < 1.29 is 14.3 Å². The number of aromatic nitrogens is 1. The van der Waals surface area contributed by atoms with Crippen LogP contribution < -0.4 is 10.2 Å². The Morgan fingerprint density at radius 3 is 2.53 bits per heavy atom. The van der Waals surface area contributed by atoms with Crippen LogP contribution in [-0.2, 0) is 14.3 Å². The molecule has 2 aromatic rings. The van der Waals surface area contributed by atoms with Gasteiger partial charge in [0.15, 0.2) is 0 Å². The summed E-state index contributed by atoms with van der Waals surface area (Å²) in [6.45, 7) is 3.79. The summed E-state index contributed by atoms with van der Waals surface area (Å²) in [6.07, 6.45) is 9.39. The Kier molecular flexibility index (Phi) is 11.1. The van der Waals surface area contributed by atoms with E-state index in [1.165, 1.54) is 32.1 Å². The first-order chi connectivity index (χ1) is 16.0. The smallest absolute Gasteiger partial charge is 0.309 e. The first-order valence-corrected chi connectivity index (χ1v) is 12.7. The number of nitrogens with one attached hydrogen (secondary N) is 1. The summed E-state index contributed by atoms with van der Waals surface area (Å²) < 4.78 is 5.17. The quantitative estimate of drug-likeness (QED) is 0.388. The number of nitrogens with zero attached hydrogens (tertiary/aromatic N) is 2. The molecule has 2 aliphatic rings. The molecule has 2 heterocycles. The summed E-state index contributed by atoms with van der Waals surface area (Å²) in [5, 5.41) is 4.42. The minimum atomic E-state index is -0.0952. The fourth-order valence-electron chi connectivity index (χ4n) is 5.09. The molecule has 1 saturated carbocycles. The average molecular weight is 511 g/mol. The average Bonchev–Trinajstić information content (AvgIpc) is 2.85. The third-order valence-corrected chi connectivity index (χ3v) is 7.33. The number of carbonyl (C=O) groups excluding carboxylic acids is 2. The summed E-state index contributed by atoms with van der Waals surface area (Å²) in [4.78, 5) is 31.7. The minimum Gasteiger partial charge on any atom is -0.466 e. The molecule has 1 aromatic heterocycles. The number of carbonyl (C=O) groups is 2. The van der Waals surface area contributed by atoms with Crippen LogP contribution in [0, 0.1) is 11.8 Å². The fraction of sp³-hybridized carbons (Fsp3) is 0.577. The number of amides is 1. The van der Waals surface area contributed by atoms with Crippen LogP contribution in [0.4, 0.5) is 11.5 Å². The maximum Gasteiger partial charge on any atom is 0.309 e. The number of anilines is 2. The Hall–Kier alpha value is -0.704. The van der Waals surface area contributed by atoms with E-state index >= 15 is 0 Å². The molecule has 0 spiro atoms. The number of hydrogen-bond donors (Lipinski definition) is 1. The fourth-order valence-corrected chi connectivity index (χ4v) is 5.30. The molecular formula is C26H34ClKN3O3. The van der Waals surface area contributed by atoms with E-state index in [1.807, 2.05) is 25.1 Å². The number of hydrogen-bond acceptors (Lipinski definition) is 5. The van der Waals surface area contributed by atoms with Gasteiger partial charge in [-0.25, -0.2) is 4.98 Å². The first kappa shape index (κ1) is 27.9. The molecule has 0 atom stereocenters. The van der Waals surface area contributed by atoms with Gasteiger partial charge in [0.25, 0.3) is 0 Å². The second-order valence-electron chi connectivity index (χ2n) is 9.26. The van der Waals surface area contributed by atoms with Gasteiger partial charge in [0.05, 0.1) is 28.8 Å². The molecule has 6 nitrogen and oxygen atoms in total. The molecule has 0 bridgehead atoms. The molecule has 1 saturated heterocycles. The molecule has 1 N–H and O–H groups in total. The third-order valence-electron chi connectivity index (χ3n) is 7.01. The molecule has 0 unspecified atom stereocenters. The standard InChI is InChI=1S/C26H34ClN3O3.K/c1-2-33-26(32)19-14-16-30(17-15-19)23-12-9-20-22(28-23)11-10-21(27)25(20)29-24(31)13-8-18-6-4-3-5-7-18;/h9-12,18-19H,2-8,13-17H2,1H3,(H,29,31);. The van der Waals surface area contributed by atoms with Gasteiger partial charge in [0.2, 0.25) is 5.91 Å². The monoisotopic (exact) mass is 510 g/mol. The van der Waals surface area contributed by atoms with Crippen molar-refractivity contribution in [2.75, 3.05) is 29.9 Å². The van der Waals surface area contributed by atoms with E-state index in [1.54, 1.807) is 6.07 Å². The molecule has 4 rings (SSSR count). The predicted molar refractivity (Wildman–Crippen MR) is 139 cm³/mol. The number of rotatable bonds is 7.